The van der Waals surface area contributed by atoms with E-state index in [2.05, 4.69) is 198 Å². The summed E-state index contributed by atoms with van der Waals surface area (Å²) in [5.74, 6) is 0. The van der Waals surface area contributed by atoms with E-state index in [1.54, 1.807) is 0 Å². The minimum atomic E-state index is 0.0492. The zero-order chi connectivity index (χ0) is 33.7. The van der Waals surface area contributed by atoms with Crippen LogP contribution in [0.15, 0.2) is 188 Å². The Labute approximate surface area is 299 Å². The molecule has 0 unspecified atom stereocenters. The second-order valence-corrected chi connectivity index (χ2v) is 13.5. The molecule has 240 valence electrons. The summed E-state index contributed by atoms with van der Waals surface area (Å²) in [4.78, 5) is 2.46. The van der Waals surface area contributed by atoms with Crippen LogP contribution in [0.25, 0.3) is 44.2 Å². The van der Waals surface area contributed by atoms with Crippen molar-refractivity contribution in [3.05, 3.63) is 194 Å². The second-order valence-electron chi connectivity index (χ2n) is 13.5. The molecule has 0 spiro atoms. The van der Waals surface area contributed by atoms with Gasteiger partial charge in [-0.05, 0) is 94.6 Å². The summed E-state index contributed by atoms with van der Waals surface area (Å²) in [6, 6.07) is 62.4. The van der Waals surface area contributed by atoms with Gasteiger partial charge >= 0.3 is 0 Å². The van der Waals surface area contributed by atoms with E-state index in [0.29, 0.717) is 0 Å². The van der Waals surface area contributed by atoms with Gasteiger partial charge in [-0.1, -0.05) is 145 Å². The summed E-state index contributed by atoms with van der Waals surface area (Å²) in [5, 5.41) is 2.55. The molecule has 0 amide bonds. The number of anilines is 3. The van der Waals surface area contributed by atoms with E-state index in [4.69, 9.17) is 0 Å². The molecule has 3 heteroatoms. The zero-order valence-corrected chi connectivity index (χ0v) is 28.3. The van der Waals surface area contributed by atoms with Crippen LogP contribution >= 0.6 is 0 Å². The normalized spacial score (nSPS) is 13.7. The summed E-state index contributed by atoms with van der Waals surface area (Å²) < 4.78 is 2.39. The highest BCUT2D eigenvalue weighted by molar-refractivity contribution is 6.99. The first-order valence-corrected chi connectivity index (χ1v) is 18.0. The van der Waals surface area contributed by atoms with Crippen LogP contribution in [0.1, 0.15) is 18.4 Å². The first-order chi connectivity index (χ1) is 25.3. The molecule has 0 atom stereocenters. The van der Waals surface area contributed by atoms with E-state index in [-0.39, 0.29) is 6.71 Å². The third-order valence-corrected chi connectivity index (χ3v) is 10.7. The Balaban J connectivity index is 1.16. The van der Waals surface area contributed by atoms with Crippen LogP contribution in [0.2, 0.25) is 0 Å². The van der Waals surface area contributed by atoms with Crippen LogP contribution in [0.5, 0.6) is 0 Å². The molecule has 0 N–H and O–H groups in total. The summed E-state index contributed by atoms with van der Waals surface area (Å²) in [6.45, 7) is 0.0492. The highest BCUT2D eigenvalue weighted by Crippen LogP contribution is 2.39. The van der Waals surface area contributed by atoms with Crippen molar-refractivity contribution in [2.45, 2.75) is 12.8 Å². The van der Waals surface area contributed by atoms with Crippen molar-refractivity contribution in [3.8, 4) is 16.8 Å². The number of rotatable bonds is 5. The van der Waals surface area contributed by atoms with Gasteiger partial charge in [0.15, 0.2) is 0 Å². The lowest BCUT2D eigenvalue weighted by Gasteiger charge is -2.38. The molecule has 8 aromatic rings. The van der Waals surface area contributed by atoms with Crippen LogP contribution in [0.3, 0.4) is 0 Å². The highest BCUT2D eigenvalue weighted by atomic mass is 15.1. The number of allylic oxidation sites excluding steroid dienone is 4. The average molecular weight is 651 g/mol. The Kier molecular flexibility index (Phi) is 7.09. The van der Waals surface area contributed by atoms with E-state index < -0.39 is 0 Å². The molecule has 0 saturated carbocycles. The van der Waals surface area contributed by atoms with Crippen molar-refractivity contribution in [2.24, 2.45) is 0 Å². The van der Waals surface area contributed by atoms with Crippen molar-refractivity contribution in [2.75, 3.05) is 4.90 Å². The topological polar surface area (TPSA) is 8.17 Å². The fraction of sp³-hybridized carbons (Fsp3) is 0.0417. The third-order valence-electron chi connectivity index (χ3n) is 10.7. The second kappa shape index (κ2) is 12.2. The van der Waals surface area contributed by atoms with E-state index in [9.17, 15) is 0 Å². The number of nitrogens with zero attached hydrogens (tertiary/aromatic N) is 2. The van der Waals surface area contributed by atoms with E-state index in [1.807, 2.05) is 0 Å². The van der Waals surface area contributed by atoms with Crippen molar-refractivity contribution >= 4 is 67.5 Å². The standard InChI is InChI=1S/C48H35BN2/c1-3-16-34(17-4-1)38-22-15-23-39(35-18-5-2-6-19-35)48(38)49-42-24-9-13-28-46(42)51(47-29-14-10-25-43(47)49)37-32-30-36(31-33-37)50-44-26-11-7-20-40(44)41-21-8-12-27-45(41)50/h1,3-5,7-33H,2,6H2. The monoisotopic (exact) mass is 650 g/mol. The number of benzene rings is 7. The van der Waals surface area contributed by atoms with Gasteiger partial charge in [0.05, 0.1) is 11.0 Å². The van der Waals surface area contributed by atoms with Gasteiger partial charge in [0.25, 0.3) is 0 Å². The zero-order valence-electron chi connectivity index (χ0n) is 28.3. The quantitative estimate of drug-likeness (QED) is 0.168. The van der Waals surface area contributed by atoms with Crippen molar-refractivity contribution in [3.63, 3.8) is 0 Å². The molecule has 7 aromatic carbocycles. The lowest BCUT2D eigenvalue weighted by molar-refractivity contribution is 1.04. The van der Waals surface area contributed by atoms with Gasteiger partial charge in [0.1, 0.15) is 0 Å². The largest absolute Gasteiger partial charge is 0.312 e. The molecule has 10 rings (SSSR count). The molecule has 0 radical (unpaired) electrons. The predicted octanol–water partition coefficient (Wildman–Crippen LogP) is 10.5. The smallest absolute Gasteiger partial charge is 0.248 e. The van der Waals surface area contributed by atoms with Gasteiger partial charge in [0, 0.05) is 33.5 Å². The molecular weight excluding hydrogens is 615 g/mol. The Morgan fingerprint density at radius 1 is 0.451 bits per heavy atom. The number of hydrogen-bond acceptors (Lipinski definition) is 1. The number of aromatic nitrogens is 1. The first kappa shape index (κ1) is 29.6. The highest BCUT2D eigenvalue weighted by Gasteiger charge is 2.37. The van der Waals surface area contributed by atoms with E-state index >= 15 is 0 Å². The van der Waals surface area contributed by atoms with Gasteiger partial charge in [-0.3, -0.25) is 0 Å². The Morgan fingerprint density at radius 3 is 1.67 bits per heavy atom. The van der Waals surface area contributed by atoms with Gasteiger partial charge < -0.3 is 9.47 Å². The molecule has 1 aromatic heterocycles. The number of fused-ring (bicyclic) bond motifs is 5. The molecule has 0 bridgehead atoms. The lowest BCUT2D eigenvalue weighted by Crippen LogP contribution is -2.58. The maximum Gasteiger partial charge on any atom is 0.248 e. The Bertz CT molecular complexity index is 2550. The van der Waals surface area contributed by atoms with Crippen LogP contribution in [0, 0.1) is 0 Å². The lowest BCUT2D eigenvalue weighted by atomic mass is 9.33. The SMILES string of the molecule is C1=CC(c2cccc(-c3ccccc3)c2B2c3ccccc3N(c3ccc(-n4c5ccccc5c5ccccc54)cc3)c3ccccc32)=CCC1. The van der Waals surface area contributed by atoms with Gasteiger partial charge in [-0.15, -0.1) is 0 Å². The molecule has 1 aliphatic carbocycles. The molecule has 2 nitrogen and oxygen atoms in total. The molecular formula is C48H35BN2. The van der Waals surface area contributed by atoms with E-state index in [0.717, 1.165) is 24.2 Å². The average Bonchev–Trinajstić information content (AvgIpc) is 3.55. The van der Waals surface area contributed by atoms with Crippen molar-refractivity contribution in [1.29, 1.82) is 0 Å². The van der Waals surface area contributed by atoms with E-state index in [1.165, 1.54) is 71.8 Å². The minimum Gasteiger partial charge on any atom is -0.312 e. The van der Waals surface area contributed by atoms with Crippen LogP contribution in [-0.2, 0) is 0 Å². The summed E-state index contributed by atoms with van der Waals surface area (Å²) in [6.07, 6.45) is 9.22. The summed E-state index contributed by atoms with van der Waals surface area (Å²) in [5.41, 5.74) is 16.3. The maximum atomic E-state index is 2.46. The Hall–Kier alpha value is -6.32. The van der Waals surface area contributed by atoms with Gasteiger partial charge in [0.2, 0.25) is 6.71 Å². The summed E-state index contributed by atoms with van der Waals surface area (Å²) >= 11 is 0. The van der Waals surface area contributed by atoms with Gasteiger partial charge in [-0.25, -0.2) is 0 Å². The molecule has 0 fully saturated rings. The number of para-hydroxylation sites is 4. The molecule has 2 heterocycles. The molecule has 1 aliphatic heterocycles. The van der Waals surface area contributed by atoms with Crippen molar-refractivity contribution < 1.29 is 0 Å². The Morgan fingerprint density at radius 2 is 1.02 bits per heavy atom. The molecule has 2 aliphatic rings. The van der Waals surface area contributed by atoms with Crippen LogP contribution in [0.4, 0.5) is 17.1 Å². The molecule has 0 saturated heterocycles. The van der Waals surface area contributed by atoms with Crippen molar-refractivity contribution in [1.82, 2.24) is 4.57 Å². The third kappa shape index (κ3) is 4.81. The molecule has 51 heavy (non-hydrogen) atoms. The fourth-order valence-corrected chi connectivity index (χ4v) is 8.52. The van der Waals surface area contributed by atoms with Crippen LogP contribution < -0.4 is 21.3 Å². The number of hydrogen-bond donors (Lipinski definition) is 0. The fourth-order valence-electron chi connectivity index (χ4n) is 8.52. The van der Waals surface area contributed by atoms with Crippen LogP contribution in [-0.4, -0.2) is 11.3 Å². The predicted molar refractivity (Wildman–Crippen MR) is 218 cm³/mol. The summed E-state index contributed by atoms with van der Waals surface area (Å²) in [7, 11) is 0. The maximum absolute atomic E-state index is 2.46. The van der Waals surface area contributed by atoms with Gasteiger partial charge in [-0.2, -0.15) is 0 Å². The minimum absolute atomic E-state index is 0.0492. The first-order valence-electron chi connectivity index (χ1n) is 18.0.